The quantitative estimate of drug-likeness (QED) is 0.861. The van der Waals surface area contributed by atoms with Gasteiger partial charge in [0.2, 0.25) is 0 Å². The smallest absolute Gasteiger partial charge is 0.143 e. The number of benzene rings is 1. The first-order valence-corrected chi connectivity index (χ1v) is 10.3. The fraction of sp³-hybridized carbons (Fsp3) is 0.647. The minimum atomic E-state index is -1.92. The number of hydrogen-bond donors (Lipinski definition) is 1. The van der Waals surface area contributed by atoms with Gasteiger partial charge in [0.1, 0.15) is 5.75 Å². The number of rotatable bonds is 3. The molecule has 0 radical (unpaired) electrons. The van der Waals surface area contributed by atoms with E-state index in [1.165, 1.54) is 6.42 Å². The largest absolute Gasteiger partial charge is 0.495 e. The number of methoxy groups -OCH3 is 1. The fourth-order valence-electron chi connectivity index (χ4n) is 3.44. The van der Waals surface area contributed by atoms with Crippen molar-refractivity contribution in [2.24, 2.45) is 4.36 Å². The lowest BCUT2D eigenvalue weighted by Gasteiger charge is -2.33. The molecule has 2 fully saturated rings. The maximum absolute atomic E-state index is 12.7. The van der Waals surface area contributed by atoms with E-state index in [4.69, 9.17) is 14.8 Å². The van der Waals surface area contributed by atoms with Crippen LogP contribution in [0.15, 0.2) is 22.6 Å². The van der Waals surface area contributed by atoms with E-state index in [1.54, 1.807) is 7.11 Å². The highest BCUT2D eigenvalue weighted by Crippen LogP contribution is 2.30. The van der Waals surface area contributed by atoms with Gasteiger partial charge in [0.05, 0.1) is 18.8 Å². The third-order valence-corrected chi connectivity index (χ3v) is 7.35. The summed E-state index contributed by atoms with van der Waals surface area (Å²) >= 11 is 0. The Morgan fingerprint density at radius 3 is 2.57 bits per heavy atom. The maximum atomic E-state index is 12.7. The van der Waals surface area contributed by atoms with Crippen LogP contribution in [0.25, 0.3) is 0 Å². The van der Waals surface area contributed by atoms with Gasteiger partial charge in [-0.05, 0) is 37.8 Å². The zero-order valence-corrected chi connectivity index (χ0v) is 14.7. The molecule has 0 bridgehead atoms. The lowest BCUT2D eigenvalue weighted by Crippen LogP contribution is -2.36. The molecule has 2 N–H and O–H groups in total. The molecule has 0 spiro atoms. The summed E-state index contributed by atoms with van der Waals surface area (Å²) in [5.74, 6) is 2.34. The predicted molar refractivity (Wildman–Crippen MR) is 96.8 cm³/mol. The third kappa shape index (κ3) is 3.91. The molecular formula is C17H27N3O2S. The molecule has 1 aromatic rings. The van der Waals surface area contributed by atoms with Gasteiger partial charge in [-0.2, -0.15) is 0 Å². The number of nitrogens with two attached hydrogens (primary N) is 1. The Bertz CT molecular complexity index is 648. The lowest BCUT2D eigenvalue weighted by molar-refractivity contribution is 0.416. The van der Waals surface area contributed by atoms with Crippen LogP contribution in [0.1, 0.15) is 32.1 Å². The summed E-state index contributed by atoms with van der Waals surface area (Å²) in [5, 5.41) is 0. The van der Waals surface area contributed by atoms with Crippen molar-refractivity contribution in [3.8, 4) is 5.75 Å². The van der Waals surface area contributed by atoms with Crippen LogP contribution < -0.4 is 15.4 Å². The summed E-state index contributed by atoms with van der Waals surface area (Å²) in [4.78, 5) is 2.33. The van der Waals surface area contributed by atoms with Gasteiger partial charge in [0.25, 0.3) is 0 Å². The van der Waals surface area contributed by atoms with Crippen molar-refractivity contribution >= 4 is 21.1 Å². The molecule has 0 aliphatic carbocycles. The first-order valence-electron chi connectivity index (χ1n) is 8.50. The Morgan fingerprint density at radius 2 is 1.91 bits per heavy atom. The normalized spacial score (nSPS) is 21.9. The van der Waals surface area contributed by atoms with Gasteiger partial charge in [-0.1, -0.05) is 6.42 Å². The van der Waals surface area contributed by atoms with Gasteiger partial charge < -0.3 is 15.4 Å². The number of anilines is 2. The average Bonchev–Trinajstić information content (AvgIpc) is 2.56. The number of ether oxygens (including phenoxy) is 1. The van der Waals surface area contributed by atoms with Crippen LogP contribution in [0.3, 0.4) is 0 Å². The van der Waals surface area contributed by atoms with Crippen molar-refractivity contribution in [1.29, 1.82) is 0 Å². The second-order valence-corrected chi connectivity index (χ2v) is 9.06. The zero-order valence-electron chi connectivity index (χ0n) is 13.9. The summed E-state index contributed by atoms with van der Waals surface area (Å²) < 4.78 is 22.8. The molecule has 2 aliphatic rings. The van der Waals surface area contributed by atoms with E-state index < -0.39 is 9.73 Å². The van der Waals surface area contributed by atoms with Crippen molar-refractivity contribution in [3.63, 3.8) is 0 Å². The minimum Gasteiger partial charge on any atom is -0.495 e. The van der Waals surface area contributed by atoms with E-state index in [0.29, 0.717) is 5.69 Å². The van der Waals surface area contributed by atoms with Crippen molar-refractivity contribution in [1.82, 2.24) is 0 Å². The van der Waals surface area contributed by atoms with E-state index >= 15 is 0 Å². The van der Waals surface area contributed by atoms with Crippen molar-refractivity contribution in [2.75, 3.05) is 42.3 Å². The van der Waals surface area contributed by atoms with Crippen LogP contribution in [0.4, 0.5) is 11.4 Å². The molecule has 2 saturated heterocycles. The van der Waals surface area contributed by atoms with E-state index in [0.717, 1.165) is 61.7 Å². The van der Waals surface area contributed by atoms with E-state index in [9.17, 15) is 4.21 Å². The van der Waals surface area contributed by atoms with Gasteiger partial charge in [-0.25, -0.2) is 8.57 Å². The highest BCUT2D eigenvalue weighted by Gasteiger charge is 2.23. The van der Waals surface area contributed by atoms with Crippen LogP contribution in [0, 0.1) is 0 Å². The van der Waals surface area contributed by atoms with Gasteiger partial charge >= 0.3 is 0 Å². The first kappa shape index (κ1) is 16.4. The third-order valence-electron chi connectivity index (χ3n) is 4.81. The van der Waals surface area contributed by atoms with Crippen LogP contribution in [0.2, 0.25) is 0 Å². The van der Waals surface area contributed by atoms with Crippen molar-refractivity contribution in [2.45, 2.75) is 38.1 Å². The summed E-state index contributed by atoms with van der Waals surface area (Å²) in [6, 6.07) is 6.18. The maximum Gasteiger partial charge on any atom is 0.143 e. The zero-order chi connectivity index (χ0) is 16.3. The Balaban J connectivity index is 1.64. The van der Waals surface area contributed by atoms with Crippen LogP contribution in [0.5, 0.6) is 5.75 Å². The van der Waals surface area contributed by atoms with E-state index in [-0.39, 0.29) is 6.04 Å². The topological polar surface area (TPSA) is 67.9 Å². The molecule has 0 atom stereocenters. The highest BCUT2D eigenvalue weighted by molar-refractivity contribution is 7.93. The molecule has 5 nitrogen and oxygen atoms in total. The molecule has 128 valence electrons. The molecule has 2 heterocycles. The summed E-state index contributed by atoms with van der Waals surface area (Å²) in [6.07, 6.45) is 5.32. The Kier molecular flexibility index (Phi) is 4.99. The molecule has 23 heavy (non-hydrogen) atoms. The summed E-state index contributed by atoms with van der Waals surface area (Å²) in [7, 11) is -0.278. The van der Waals surface area contributed by atoms with Gasteiger partial charge in [-0.15, -0.1) is 0 Å². The number of hydrogen-bond acceptors (Lipinski definition) is 5. The van der Waals surface area contributed by atoms with Crippen LogP contribution in [-0.4, -0.2) is 42.0 Å². The molecule has 6 heteroatoms. The monoisotopic (exact) mass is 337 g/mol. The predicted octanol–water partition coefficient (Wildman–Crippen LogP) is 2.90. The van der Waals surface area contributed by atoms with Crippen molar-refractivity contribution in [3.05, 3.63) is 18.2 Å². The molecule has 0 aromatic heterocycles. The van der Waals surface area contributed by atoms with Gasteiger partial charge in [0.15, 0.2) is 0 Å². The van der Waals surface area contributed by atoms with Crippen LogP contribution >= 0.6 is 0 Å². The molecule has 0 saturated carbocycles. The molecule has 3 rings (SSSR count). The summed E-state index contributed by atoms with van der Waals surface area (Å²) in [6.45, 7) is 1.88. The Labute approximate surface area is 139 Å². The average molecular weight is 337 g/mol. The summed E-state index contributed by atoms with van der Waals surface area (Å²) in [5.41, 5.74) is 7.68. The highest BCUT2D eigenvalue weighted by atomic mass is 32.2. The second kappa shape index (κ2) is 6.99. The Hall–Kier alpha value is -1.43. The molecule has 2 aliphatic heterocycles. The number of nitrogens with zero attached hydrogens (tertiary/aromatic N) is 2. The first-order chi connectivity index (χ1) is 11.1. The molecule has 0 unspecified atom stereocenters. The van der Waals surface area contributed by atoms with E-state index in [2.05, 4.69) is 4.90 Å². The number of piperidine rings is 1. The second-order valence-electron chi connectivity index (χ2n) is 6.49. The van der Waals surface area contributed by atoms with Gasteiger partial charge in [0, 0.05) is 46.1 Å². The number of nitrogen functional groups attached to an aromatic ring is 1. The van der Waals surface area contributed by atoms with Crippen LogP contribution in [-0.2, 0) is 9.73 Å². The fourth-order valence-corrected chi connectivity index (χ4v) is 5.92. The van der Waals surface area contributed by atoms with E-state index in [1.807, 2.05) is 18.2 Å². The molecule has 1 aromatic carbocycles. The molecule has 0 amide bonds. The van der Waals surface area contributed by atoms with Crippen molar-refractivity contribution < 1.29 is 8.95 Å². The minimum absolute atomic E-state index is 0.257. The lowest BCUT2D eigenvalue weighted by atomic mass is 10.1. The standard InChI is InChI=1S/C17H27N3O2S/c1-22-17-13-15(5-6-16(17)18)20-9-7-14(8-10-20)19-23(21)11-3-2-4-12-23/h5-6,13-14H,2-4,7-12,18H2,1H3. The SMILES string of the molecule is COc1cc(N2CCC(N=S3(=O)CCCCC3)CC2)ccc1N. The Morgan fingerprint density at radius 1 is 1.22 bits per heavy atom. The van der Waals surface area contributed by atoms with Gasteiger partial charge in [-0.3, -0.25) is 0 Å². The molecular weight excluding hydrogens is 310 g/mol.